The Morgan fingerprint density at radius 3 is 2.67 bits per heavy atom. The van der Waals surface area contributed by atoms with Gasteiger partial charge in [-0.05, 0) is 6.92 Å². The molecule has 2 aromatic rings. The van der Waals surface area contributed by atoms with Gasteiger partial charge >= 0.3 is 5.69 Å². The predicted molar refractivity (Wildman–Crippen MR) is 66.7 cm³/mol. The van der Waals surface area contributed by atoms with Crippen LogP contribution in [0.15, 0.2) is 9.59 Å². The van der Waals surface area contributed by atoms with Crippen LogP contribution in [0.3, 0.4) is 0 Å². The standard InChI is InChI=1S/C10H15N5O3/c1-5(16)4-11-9-12-6-7(13-9)14(2)10(18)15(3)8(6)17/h5,16H,4H2,1-3H3,(H2,11,12,13). The largest absolute Gasteiger partial charge is 0.392 e. The van der Waals surface area contributed by atoms with E-state index < -0.39 is 17.4 Å². The van der Waals surface area contributed by atoms with Crippen LogP contribution < -0.4 is 16.6 Å². The van der Waals surface area contributed by atoms with E-state index in [1.165, 1.54) is 11.6 Å². The van der Waals surface area contributed by atoms with Crippen molar-refractivity contribution >= 4 is 17.1 Å². The van der Waals surface area contributed by atoms with Crippen LogP contribution in [0.5, 0.6) is 0 Å². The summed E-state index contributed by atoms with van der Waals surface area (Å²) < 4.78 is 2.31. The van der Waals surface area contributed by atoms with E-state index in [-0.39, 0.29) is 11.2 Å². The smallest absolute Gasteiger partial charge is 0.332 e. The molecule has 0 aromatic carbocycles. The summed E-state index contributed by atoms with van der Waals surface area (Å²) in [6.45, 7) is 1.93. The van der Waals surface area contributed by atoms with Gasteiger partial charge in [0.25, 0.3) is 5.56 Å². The molecule has 0 amide bonds. The molecule has 8 heteroatoms. The number of imidazole rings is 1. The maximum absolute atomic E-state index is 11.9. The Morgan fingerprint density at radius 1 is 1.39 bits per heavy atom. The molecule has 0 aliphatic rings. The normalized spacial score (nSPS) is 12.9. The van der Waals surface area contributed by atoms with Crippen molar-refractivity contribution in [1.82, 2.24) is 19.1 Å². The highest BCUT2D eigenvalue weighted by Gasteiger charge is 2.13. The third-order valence-electron chi connectivity index (χ3n) is 2.66. The lowest BCUT2D eigenvalue weighted by molar-refractivity contribution is 0.208. The van der Waals surface area contributed by atoms with Gasteiger partial charge in [0.15, 0.2) is 11.2 Å². The minimum Gasteiger partial charge on any atom is -0.392 e. The van der Waals surface area contributed by atoms with Gasteiger partial charge in [0.2, 0.25) is 5.95 Å². The van der Waals surface area contributed by atoms with E-state index in [0.29, 0.717) is 12.5 Å². The SMILES string of the molecule is CC(O)CNc1nc2c([nH]1)c(=O)n(C)c(=O)n2C. The van der Waals surface area contributed by atoms with Crippen LogP contribution in [0.2, 0.25) is 0 Å². The number of rotatable bonds is 3. The first kappa shape index (κ1) is 12.4. The highest BCUT2D eigenvalue weighted by molar-refractivity contribution is 5.72. The molecule has 0 radical (unpaired) electrons. The van der Waals surface area contributed by atoms with E-state index >= 15 is 0 Å². The van der Waals surface area contributed by atoms with Crippen molar-refractivity contribution in [3.05, 3.63) is 20.8 Å². The molecule has 2 heterocycles. The lowest BCUT2D eigenvalue weighted by Gasteiger charge is -2.03. The van der Waals surface area contributed by atoms with Crippen LogP contribution in [0.4, 0.5) is 5.95 Å². The summed E-state index contributed by atoms with van der Waals surface area (Å²) in [6.07, 6.45) is -0.537. The third-order valence-corrected chi connectivity index (χ3v) is 2.66. The number of nitrogens with one attached hydrogen (secondary N) is 2. The second-order valence-electron chi connectivity index (χ2n) is 4.22. The summed E-state index contributed by atoms with van der Waals surface area (Å²) in [5, 5.41) is 12.0. The molecule has 1 unspecified atom stereocenters. The Balaban J connectivity index is 2.58. The molecule has 0 aliphatic heterocycles. The molecule has 0 saturated heterocycles. The van der Waals surface area contributed by atoms with Crippen molar-refractivity contribution in [1.29, 1.82) is 0 Å². The zero-order chi connectivity index (χ0) is 13.4. The van der Waals surface area contributed by atoms with Gasteiger partial charge in [-0.25, -0.2) is 4.79 Å². The van der Waals surface area contributed by atoms with E-state index in [1.807, 2.05) is 0 Å². The number of hydrogen-bond acceptors (Lipinski definition) is 5. The molecule has 0 fully saturated rings. The lowest BCUT2D eigenvalue weighted by Crippen LogP contribution is -2.36. The molecule has 0 saturated carbocycles. The van der Waals surface area contributed by atoms with E-state index in [9.17, 15) is 9.59 Å². The topological polar surface area (TPSA) is 105 Å². The monoisotopic (exact) mass is 253 g/mol. The summed E-state index contributed by atoms with van der Waals surface area (Å²) in [6, 6.07) is 0. The maximum Gasteiger partial charge on any atom is 0.332 e. The van der Waals surface area contributed by atoms with Crippen LogP contribution >= 0.6 is 0 Å². The maximum atomic E-state index is 11.9. The summed E-state index contributed by atoms with van der Waals surface area (Å²) in [5.41, 5.74) is -0.310. The van der Waals surface area contributed by atoms with Gasteiger partial charge in [-0.2, -0.15) is 4.98 Å². The van der Waals surface area contributed by atoms with E-state index in [4.69, 9.17) is 5.11 Å². The molecule has 0 bridgehead atoms. The van der Waals surface area contributed by atoms with Crippen molar-refractivity contribution in [3.63, 3.8) is 0 Å². The third kappa shape index (κ3) is 1.90. The van der Waals surface area contributed by atoms with Crippen molar-refractivity contribution in [2.75, 3.05) is 11.9 Å². The molecule has 8 nitrogen and oxygen atoms in total. The minimum absolute atomic E-state index is 0.257. The summed E-state index contributed by atoms with van der Waals surface area (Å²) >= 11 is 0. The quantitative estimate of drug-likeness (QED) is 0.634. The first-order chi connectivity index (χ1) is 8.41. The molecule has 2 rings (SSSR count). The molecule has 98 valence electrons. The lowest BCUT2D eigenvalue weighted by atomic mass is 10.4. The van der Waals surface area contributed by atoms with E-state index in [2.05, 4.69) is 15.3 Å². The molecule has 2 aromatic heterocycles. The fourth-order valence-corrected chi connectivity index (χ4v) is 1.65. The molecule has 1 atom stereocenters. The van der Waals surface area contributed by atoms with E-state index in [0.717, 1.165) is 4.57 Å². The Morgan fingerprint density at radius 2 is 2.06 bits per heavy atom. The van der Waals surface area contributed by atoms with Crippen LogP contribution in [0.1, 0.15) is 6.92 Å². The van der Waals surface area contributed by atoms with Gasteiger partial charge in [-0.3, -0.25) is 13.9 Å². The Hall–Kier alpha value is -2.09. The van der Waals surface area contributed by atoms with Crippen molar-refractivity contribution in [2.24, 2.45) is 14.1 Å². The summed E-state index contributed by atoms with van der Waals surface area (Å²) in [4.78, 5) is 30.5. The zero-order valence-electron chi connectivity index (χ0n) is 10.4. The summed E-state index contributed by atoms with van der Waals surface area (Å²) in [5.74, 6) is 0.351. The van der Waals surface area contributed by atoms with Gasteiger partial charge in [0, 0.05) is 20.6 Å². The highest BCUT2D eigenvalue weighted by atomic mass is 16.3. The van der Waals surface area contributed by atoms with Crippen LogP contribution in [0, 0.1) is 0 Å². The van der Waals surface area contributed by atoms with Crippen molar-refractivity contribution < 1.29 is 5.11 Å². The number of aliphatic hydroxyl groups is 1. The Labute approximate surface area is 102 Å². The predicted octanol–water partition coefficient (Wildman–Crippen LogP) is -1.25. The number of aliphatic hydroxyl groups excluding tert-OH is 1. The minimum atomic E-state index is -0.537. The number of aryl methyl sites for hydroxylation is 1. The number of nitrogens with zero attached hydrogens (tertiary/aromatic N) is 3. The van der Waals surface area contributed by atoms with Gasteiger partial charge in [-0.15, -0.1) is 0 Å². The molecule has 0 aliphatic carbocycles. The number of fused-ring (bicyclic) bond motifs is 1. The number of aromatic nitrogens is 4. The average Bonchev–Trinajstić information content (AvgIpc) is 2.75. The highest BCUT2D eigenvalue weighted by Crippen LogP contribution is 2.07. The number of anilines is 1. The van der Waals surface area contributed by atoms with Gasteiger partial charge in [-0.1, -0.05) is 0 Å². The van der Waals surface area contributed by atoms with Crippen molar-refractivity contribution in [2.45, 2.75) is 13.0 Å². The van der Waals surface area contributed by atoms with Crippen LogP contribution in [-0.2, 0) is 14.1 Å². The number of aromatic amines is 1. The fraction of sp³-hybridized carbons (Fsp3) is 0.500. The van der Waals surface area contributed by atoms with Crippen LogP contribution in [0.25, 0.3) is 11.2 Å². The van der Waals surface area contributed by atoms with Gasteiger partial charge in [0.1, 0.15) is 0 Å². The second-order valence-corrected chi connectivity index (χ2v) is 4.22. The average molecular weight is 253 g/mol. The van der Waals surface area contributed by atoms with Gasteiger partial charge in [0.05, 0.1) is 6.10 Å². The van der Waals surface area contributed by atoms with Gasteiger partial charge < -0.3 is 15.4 Å². The van der Waals surface area contributed by atoms with Crippen molar-refractivity contribution in [3.8, 4) is 0 Å². The molecule has 18 heavy (non-hydrogen) atoms. The number of H-pyrrole nitrogens is 1. The molecular formula is C10H15N5O3. The van der Waals surface area contributed by atoms with Crippen LogP contribution in [-0.4, -0.2) is 36.9 Å². The number of hydrogen-bond donors (Lipinski definition) is 3. The van der Waals surface area contributed by atoms with E-state index in [1.54, 1.807) is 14.0 Å². The first-order valence-electron chi connectivity index (χ1n) is 5.49. The first-order valence-corrected chi connectivity index (χ1v) is 5.49. The Kier molecular flexibility index (Phi) is 2.95. The Bertz CT molecular complexity index is 694. The summed E-state index contributed by atoms with van der Waals surface area (Å²) in [7, 11) is 2.96. The molecular weight excluding hydrogens is 238 g/mol. The second kappa shape index (κ2) is 4.30. The molecule has 0 spiro atoms. The fourth-order valence-electron chi connectivity index (χ4n) is 1.65. The molecule has 3 N–H and O–H groups in total. The zero-order valence-corrected chi connectivity index (χ0v) is 10.4.